The first kappa shape index (κ1) is 22.8. The van der Waals surface area contributed by atoms with Crippen LogP contribution in [0.1, 0.15) is 40.7 Å². The molecule has 2 aromatic heterocycles. The Labute approximate surface area is 205 Å². The first-order valence-electron chi connectivity index (χ1n) is 11.9. The van der Waals surface area contributed by atoms with Crippen LogP contribution in [0.25, 0.3) is 5.78 Å². The Morgan fingerprint density at radius 2 is 1.77 bits per heavy atom. The Morgan fingerprint density at radius 1 is 1.06 bits per heavy atom. The molecule has 1 saturated heterocycles. The van der Waals surface area contributed by atoms with Crippen molar-refractivity contribution in [1.82, 2.24) is 24.5 Å². The molecule has 8 heteroatoms. The van der Waals surface area contributed by atoms with E-state index in [2.05, 4.69) is 64.3 Å². The molecule has 0 spiro atoms. The van der Waals surface area contributed by atoms with Crippen molar-refractivity contribution in [3.05, 3.63) is 76.6 Å². The highest BCUT2D eigenvalue weighted by Crippen LogP contribution is 2.31. The number of benzene rings is 2. The van der Waals surface area contributed by atoms with Crippen LogP contribution >= 0.6 is 0 Å². The molecule has 0 bridgehead atoms. The van der Waals surface area contributed by atoms with E-state index in [0.717, 1.165) is 55.2 Å². The number of likely N-dealkylation sites (tertiary alicyclic amines) is 1. The number of aromatic nitrogens is 4. The Hall–Kier alpha value is -3.96. The Bertz CT molecular complexity index is 1360. The van der Waals surface area contributed by atoms with Gasteiger partial charge in [0.1, 0.15) is 17.9 Å². The minimum atomic E-state index is 0.320. The zero-order valence-electron chi connectivity index (χ0n) is 20.3. The van der Waals surface area contributed by atoms with E-state index >= 15 is 0 Å². The molecule has 1 aliphatic heterocycles. The lowest BCUT2D eigenvalue weighted by molar-refractivity contribution is 0.211. The van der Waals surface area contributed by atoms with Crippen molar-refractivity contribution in [2.75, 3.05) is 18.4 Å². The molecule has 0 atom stereocenters. The van der Waals surface area contributed by atoms with Crippen molar-refractivity contribution in [2.24, 2.45) is 0 Å². The van der Waals surface area contributed by atoms with E-state index in [9.17, 15) is 0 Å². The van der Waals surface area contributed by atoms with E-state index in [0.29, 0.717) is 23.3 Å². The summed E-state index contributed by atoms with van der Waals surface area (Å²) in [6, 6.07) is 16.5. The van der Waals surface area contributed by atoms with Crippen molar-refractivity contribution in [2.45, 2.75) is 46.2 Å². The Morgan fingerprint density at radius 3 is 2.46 bits per heavy atom. The monoisotopic (exact) mass is 467 g/mol. The molecule has 0 aliphatic carbocycles. The quantitative estimate of drug-likeness (QED) is 0.436. The van der Waals surface area contributed by atoms with Gasteiger partial charge in [0, 0.05) is 31.7 Å². The summed E-state index contributed by atoms with van der Waals surface area (Å²) in [6.07, 6.45) is 3.53. The largest absolute Gasteiger partial charge is 0.438 e. The second kappa shape index (κ2) is 9.72. The topological polar surface area (TPSA) is 91.4 Å². The number of hydrogen-bond acceptors (Lipinski definition) is 7. The van der Waals surface area contributed by atoms with E-state index < -0.39 is 0 Å². The third kappa shape index (κ3) is 5.10. The second-order valence-electron chi connectivity index (χ2n) is 9.28. The lowest BCUT2D eigenvalue weighted by atomic mass is 10.0. The fourth-order valence-corrected chi connectivity index (χ4v) is 4.75. The molecule has 8 nitrogen and oxygen atoms in total. The van der Waals surface area contributed by atoms with Crippen LogP contribution in [0.4, 0.5) is 5.82 Å². The molecule has 1 N–H and O–H groups in total. The summed E-state index contributed by atoms with van der Waals surface area (Å²) in [7, 11) is 0. The van der Waals surface area contributed by atoms with Crippen LogP contribution in [0.3, 0.4) is 0 Å². The van der Waals surface area contributed by atoms with Crippen molar-refractivity contribution < 1.29 is 4.74 Å². The third-order valence-corrected chi connectivity index (χ3v) is 6.46. The van der Waals surface area contributed by atoms with Crippen LogP contribution in [0.2, 0.25) is 0 Å². The lowest BCUT2D eigenvalue weighted by Gasteiger charge is -2.32. The van der Waals surface area contributed by atoms with Gasteiger partial charge in [-0.05, 0) is 62.4 Å². The van der Waals surface area contributed by atoms with Crippen molar-refractivity contribution in [3.63, 3.8) is 0 Å². The molecule has 1 aliphatic rings. The fourth-order valence-electron chi connectivity index (χ4n) is 4.75. The maximum atomic E-state index is 8.98. The molecule has 0 unspecified atom stereocenters. The SMILES string of the molecule is Cc1cc(C)c(Oc2cc(NC3CCN(Cc4ccc(C#N)cc4)CC3)nc3ncnn23)c(C)c1. The van der Waals surface area contributed by atoms with E-state index in [1.165, 1.54) is 17.5 Å². The van der Waals surface area contributed by atoms with Gasteiger partial charge in [0.2, 0.25) is 5.88 Å². The first-order chi connectivity index (χ1) is 17.0. The zero-order valence-corrected chi connectivity index (χ0v) is 20.3. The van der Waals surface area contributed by atoms with Gasteiger partial charge in [0.25, 0.3) is 5.78 Å². The molecule has 0 radical (unpaired) electrons. The van der Waals surface area contributed by atoms with Crippen molar-refractivity contribution >= 4 is 11.6 Å². The highest BCUT2D eigenvalue weighted by atomic mass is 16.5. The van der Waals surface area contributed by atoms with Gasteiger partial charge in [0.15, 0.2) is 0 Å². The first-order valence-corrected chi connectivity index (χ1v) is 11.9. The number of piperidine rings is 1. The van der Waals surface area contributed by atoms with Gasteiger partial charge in [-0.15, -0.1) is 0 Å². The normalized spacial score (nSPS) is 14.7. The zero-order chi connectivity index (χ0) is 24.4. The van der Waals surface area contributed by atoms with E-state index in [1.54, 1.807) is 4.52 Å². The number of nitrogens with zero attached hydrogens (tertiary/aromatic N) is 6. The van der Waals surface area contributed by atoms with Crippen LogP contribution in [0, 0.1) is 32.1 Å². The van der Waals surface area contributed by atoms with Crippen molar-refractivity contribution in [1.29, 1.82) is 5.26 Å². The molecule has 3 heterocycles. The summed E-state index contributed by atoms with van der Waals surface area (Å²) in [5.74, 6) is 2.67. The number of hydrogen-bond donors (Lipinski definition) is 1. The molecule has 0 amide bonds. The fraction of sp³-hybridized carbons (Fsp3) is 0.333. The Balaban J connectivity index is 1.27. The van der Waals surface area contributed by atoms with Gasteiger partial charge < -0.3 is 10.1 Å². The lowest BCUT2D eigenvalue weighted by Crippen LogP contribution is -2.38. The molecular weight excluding hydrogens is 438 g/mol. The highest BCUT2D eigenvalue weighted by Gasteiger charge is 2.21. The second-order valence-corrected chi connectivity index (χ2v) is 9.28. The number of fused-ring (bicyclic) bond motifs is 1. The number of nitrogens with one attached hydrogen (secondary N) is 1. The average Bonchev–Trinajstić information content (AvgIpc) is 3.32. The molecule has 35 heavy (non-hydrogen) atoms. The predicted octanol–water partition coefficient (Wildman–Crippen LogP) is 4.79. The number of nitriles is 1. The van der Waals surface area contributed by atoms with Gasteiger partial charge in [-0.25, -0.2) is 0 Å². The minimum Gasteiger partial charge on any atom is -0.438 e. The molecule has 4 aromatic rings. The maximum Gasteiger partial charge on any atom is 0.257 e. The molecule has 5 rings (SSSR count). The van der Waals surface area contributed by atoms with Crippen LogP contribution in [0.5, 0.6) is 11.6 Å². The third-order valence-electron chi connectivity index (χ3n) is 6.46. The molecular formula is C27H29N7O. The van der Waals surface area contributed by atoms with Gasteiger partial charge in [0.05, 0.1) is 11.6 Å². The van der Waals surface area contributed by atoms with Crippen LogP contribution in [-0.4, -0.2) is 43.6 Å². The summed E-state index contributed by atoms with van der Waals surface area (Å²) in [5, 5.41) is 16.9. The molecule has 1 fully saturated rings. The average molecular weight is 468 g/mol. The van der Waals surface area contributed by atoms with E-state index in [1.807, 2.05) is 30.3 Å². The highest BCUT2D eigenvalue weighted by molar-refractivity contribution is 5.50. The van der Waals surface area contributed by atoms with Crippen LogP contribution < -0.4 is 10.1 Å². The summed E-state index contributed by atoms with van der Waals surface area (Å²) >= 11 is 0. The van der Waals surface area contributed by atoms with E-state index in [4.69, 9.17) is 10.00 Å². The summed E-state index contributed by atoms with van der Waals surface area (Å²) in [4.78, 5) is 11.4. The summed E-state index contributed by atoms with van der Waals surface area (Å²) in [5.41, 5.74) is 5.30. The molecule has 178 valence electrons. The van der Waals surface area contributed by atoms with Gasteiger partial charge >= 0.3 is 0 Å². The van der Waals surface area contributed by atoms with Crippen LogP contribution in [0.15, 0.2) is 48.8 Å². The minimum absolute atomic E-state index is 0.320. The van der Waals surface area contributed by atoms with E-state index in [-0.39, 0.29) is 0 Å². The maximum absolute atomic E-state index is 8.98. The van der Waals surface area contributed by atoms with Gasteiger partial charge in [-0.1, -0.05) is 29.8 Å². The molecule has 2 aromatic carbocycles. The number of aryl methyl sites for hydroxylation is 3. The predicted molar refractivity (Wildman–Crippen MR) is 135 cm³/mol. The summed E-state index contributed by atoms with van der Waals surface area (Å²) < 4.78 is 7.98. The number of rotatable bonds is 6. The number of ether oxygens (including phenoxy) is 1. The van der Waals surface area contributed by atoms with Gasteiger partial charge in [-0.3, -0.25) is 4.90 Å². The number of anilines is 1. The van der Waals surface area contributed by atoms with Crippen LogP contribution in [-0.2, 0) is 6.54 Å². The molecule has 0 saturated carbocycles. The van der Waals surface area contributed by atoms with Gasteiger partial charge in [-0.2, -0.15) is 24.8 Å². The Kier molecular flexibility index (Phi) is 6.34. The summed E-state index contributed by atoms with van der Waals surface area (Å²) in [6.45, 7) is 9.09. The smallest absolute Gasteiger partial charge is 0.257 e. The van der Waals surface area contributed by atoms with Crippen molar-refractivity contribution in [3.8, 4) is 17.7 Å². The standard InChI is InChI=1S/C27H29N7O/c1-18-12-19(2)26(20(3)13-18)35-25-14-24(32-27-29-17-30-34(25)27)31-23-8-10-33(11-9-23)16-22-6-4-21(15-28)5-7-22/h4-7,12-14,17,23H,8-11,16H2,1-3H3,(H,29,30,31,32).